The van der Waals surface area contributed by atoms with E-state index in [1.54, 1.807) is 7.11 Å². The monoisotopic (exact) mass is 601 g/mol. The van der Waals surface area contributed by atoms with E-state index in [2.05, 4.69) is 55.8 Å². The van der Waals surface area contributed by atoms with Crippen LogP contribution in [-0.4, -0.2) is 45.9 Å². The minimum atomic E-state index is -0.0243. The van der Waals surface area contributed by atoms with Crippen LogP contribution in [0, 0.1) is 0 Å². The van der Waals surface area contributed by atoms with Crippen LogP contribution in [0.1, 0.15) is 108 Å². The van der Waals surface area contributed by atoms with Gasteiger partial charge in [0.1, 0.15) is 12.3 Å². The van der Waals surface area contributed by atoms with Crippen molar-refractivity contribution in [2.24, 2.45) is 0 Å². The van der Waals surface area contributed by atoms with E-state index in [0.717, 1.165) is 41.8 Å². The topological polar surface area (TPSA) is 54.8 Å². The quantitative estimate of drug-likeness (QED) is 0.115. The van der Waals surface area contributed by atoms with Gasteiger partial charge in [-0.1, -0.05) is 108 Å². The first kappa shape index (κ1) is 34.9. The lowest BCUT2D eigenvalue weighted by Crippen LogP contribution is -2.46. The minimum Gasteiger partial charge on any atom is -0.497 e. The summed E-state index contributed by atoms with van der Waals surface area (Å²) in [6, 6.07) is 22.3. The van der Waals surface area contributed by atoms with Crippen LogP contribution in [0.4, 0.5) is 0 Å². The van der Waals surface area contributed by atoms with E-state index in [4.69, 9.17) is 4.74 Å². The Bertz CT molecular complexity index is 1240. The largest absolute Gasteiger partial charge is 0.497 e. The zero-order valence-corrected chi connectivity index (χ0v) is 27.7. The smallest absolute Gasteiger partial charge is 0.242 e. The third-order valence-corrected chi connectivity index (χ3v) is 8.58. The lowest BCUT2D eigenvalue weighted by molar-refractivity contribution is -0.143. The molecule has 0 fully saturated rings. The summed E-state index contributed by atoms with van der Waals surface area (Å²) >= 11 is 0. The van der Waals surface area contributed by atoms with Crippen molar-refractivity contribution in [3.05, 3.63) is 89.7 Å². The normalized spacial score (nSPS) is 11.7. The van der Waals surface area contributed by atoms with Crippen LogP contribution in [0.3, 0.4) is 0 Å². The summed E-state index contributed by atoms with van der Waals surface area (Å²) in [4.78, 5) is 31.1. The molecule has 2 amide bonds. The van der Waals surface area contributed by atoms with Crippen LogP contribution in [0.5, 0.6) is 5.75 Å². The summed E-state index contributed by atoms with van der Waals surface area (Å²) in [7, 11) is 1.68. The fourth-order valence-electron chi connectivity index (χ4n) is 5.63. The number of hydrogen-bond donors (Lipinski definition) is 0. The molecular formula is C38H55N3O3. The number of aromatic nitrogens is 1. The highest BCUT2D eigenvalue weighted by Crippen LogP contribution is 2.18. The second kappa shape index (κ2) is 19.7. The van der Waals surface area contributed by atoms with Crippen molar-refractivity contribution in [2.75, 3.05) is 13.7 Å². The number of rotatable bonds is 21. The van der Waals surface area contributed by atoms with Crippen LogP contribution in [-0.2, 0) is 29.2 Å². The van der Waals surface area contributed by atoms with E-state index in [1.165, 1.54) is 44.9 Å². The van der Waals surface area contributed by atoms with E-state index in [1.807, 2.05) is 52.3 Å². The molecule has 1 unspecified atom stereocenters. The summed E-state index contributed by atoms with van der Waals surface area (Å²) in [5.41, 5.74) is 3.25. The first-order valence-electron chi connectivity index (χ1n) is 16.8. The number of unbranched alkanes of at least 4 members (excludes halogenated alkanes) is 8. The van der Waals surface area contributed by atoms with Crippen LogP contribution < -0.4 is 4.74 Å². The fraction of sp³-hybridized carbons (Fsp3) is 0.526. The van der Waals surface area contributed by atoms with Gasteiger partial charge >= 0.3 is 0 Å². The standard InChI is InChI=1S/C38H55N3O3/c1-5-7-8-9-10-11-12-13-17-25-37(42)41(32(3)6-2)31-38(43)40(28-33-20-15-14-16-21-33)30-35-23-19-26-39(35)29-34-22-18-24-36(27-34)44-4/h14-16,18-24,26-27,32H,5-13,17,25,28-31H2,1-4H3. The molecule has 0 aliphatic rings. The summed E-state index contributed by atoms with van der Waals surface area (Å²) in [5.74, 6) is 0.898. The summed E-state index contributed by atoms with van der Waals surface area (Å²) in [6.45, 7) is 8.13. The van der Waals surface area contributed by atoms with E-state index in [9.17, 15) is 9.59 Å². The molecule has 0 N–H and O–H groups in total. The molecule has 3 rings (SSSR count). The molecule has 44 heavy (non-hydrogen) atoms. The van der Waals surface area contributed by atoms with Crippen molar-refractivity contribution in [3.8, 4) is 5.75 Å². The predicted octanol–water partition coefficient (Wildman–Crippen LogP) is 8.62. The van der Waals surface area contributed by atoms with Crippen molar-refractivity contribution in [1.82, 2.24) is 14.4 Å². The number of amides is 2. The number of nitrogens with zero attached hydrogens (tertiary/aromatic N) is 3. The Morgan fingerprint density at radius 2 is 1.45 bits per heavy atom. The number of hydrogen-bond acceptors (Lipinski definition) is 3. The third kappa shape index (κ3) is 11.9. The van der Waals surface area contributed by atoms with Crippen LogP contribution in [0.25, 0.3) is 0 Å². The zero-order valence-electron chi connectivity index (χ0n) is 27.7. The van der Waals surface area contributed by atoms with Gasteiger partial charge in [-0.3, -0.25) is 9.59 Å². The maximum absolute atomic E-state index is 14.0. The van der Waals surface area contributed by atoms with Gasteiger partial charge in [0.2, 0.25) is 11.8 Å². The molecule has 6 heteroatoms. The highest BCUT2D eigenvalue weighted by Gasteiger charge is 2.25. The molecule has 2 aromatic carbocycles. The van der Waals surface area contributed by atoms with Gasteiger partial charge in [-0.05, 0) is 55.2 Å². The maximum Gasteiger partial charge on any atom is 0.242 e. The van der Waals surface area contributed by atoms with Gasteiger partial charge in [-0.25, -0.2) is 0 Å². The molecule has 0 spiro atoms. The number of carbonyl (C=O) groups is 2. The molecular weight excluding hydrogens is 546 g/mol. The van der Waals surface area contributed by atoms with Gasteiger partial charge in [-0.2, -0.15) is 0 Å². The molecule has 0 saturated carbocycles. The third-order valence-electron chi connectivity index (χ3n) is 8.58. The zero-order chi connectivity index (χ0) is 31.6. The number of methoxy groups -OCH3 is 1. The average molecular weight is 602 g/mol. The van der Waals surface area contributed by atoms with Crippen molar-refractivity contribution >= 4 is 11.8 Å². The van der Waals surface area contributed by atoms with Crippen LogP contribution >= 0.6 is 0 Å². The number of benzene rings is 2. The van der Waals surface area contributed by atoms with Gasteiger partial charge in [0.05, 0.1) is 13.7 Å². The summed E-state index contributed by atoms with van der Waals surface area (Å²) < 4.78 is 7.60. The molecule has 6 nitrogen and oxygen atoms in total. The van der Waals surface area contributed by atoms with Crippen molar-refractivity contribution in [2.45, 2.75) is 117 Å². The predicted molar refractivity (Wildman–Crippen MR) is 181 cm³/mol. The first-order chi connectivity index (χ1) is 21.4. The first-order valence-corrected chi connectivity index (χ1v) is 16.8. The highest BCUT2D eigenvalue weighted by molar-refractivity contribution is 5.85. The Morgan fingerprint density at radius 3 is 2.14 bits per heavy atom. The highest BCUT2D eigenvalue weighted by atomic mass is 16.5. The fourth-order valence-corrected chi connectivity index (χ4v) is 5.63. The SMILES string of the molecule is CCCCCCCCCCCC(=O)N(CC(=O)N(Cc1ccccc1)Cc1cccn1Cc1cccc(OC)c1)C(C)CC. The van der Waals surface area contributed by atoms with Gasteiger partial charge in [0, 0.05) is 37.4 Å². The molecule has 0 aliphatic heterocycles. The lowest BCUT2D eigenvalue weighted by atomic mass is 10.1. The van der Waals surface area contributed by atoms with Crippen molar-refractivity contribution in [3.63, 3.8) is 0 Å². The van der Waals surface area contributed by atoms with Crippen LogP contribution in [0.15, 0.2) is 72.9 Å². The van der Waals surface area contributed by atoms with E-state index in [0.29, 0.717) is 26.1 Å². The molecule has 1 heterocycles. The van der Waals surface area contributed by atoms with Crippen LogP contribution in [0.2, 0.25) is 0 Å². The second-order valence-electron chi connectivity index (χ2n) is 12.1. The van der Waals surface area contributed by atoms with Gasteiger partial charge in [-0.15, -0.1) is 0 Å². The van der Waals surface area contributed by atoms with Gasteiger partial charge in [0.15, 0.2) is 0 Å². The molecule has 1 aromatic heterocycles. The summed E-state index contributed by atoms with van der Waals surface area (Å²) in [5, 5.41) is 0. The molecule has 0 bridgehead atoms. The van der Waals surface area contributed by atoms with E-state index < -0.39 is 0 Å². The Hall–Kier alpha value is -3.54. The Morgan fingerprint density at radius 1 is 0.773 bits per heavy atom. The molecule has 1 atom stereocenters. The lowest BCUT2D eigenvalue weighted by Gasteiger charge is -2.31. The van der Waals surface area contributed by atoms with E-state index in [-0.39, 0.29) is 24.4 Å². The molecule has 0 saturated heterocycles. The molecule has 240 valence electrons. The Kier molecular flexibility index (Phi) is 15.6. The Labute approximate surface area is 266 Å². The maximum atomic E-state index is 14.0. The second-order valence-corrected chi connectivity index (χ2v) is 12.1. The van der Waals surface area contributed by atoms with Crippen molar-refractivity contribution < 1.29 is 14.3 Å². The Balaban J connectivity index is 1.66. The van der Waals surface area contributed by atoms with Crippen molar-refractivity contribution in [1.29, 1.82) is 0 Å². The number of ether oxygens (including phenoxy) is 1. The van der Waals surface area contributed by atoms with Gasteiger partial charge in [0.25, 0.3) is 0 Å². The van der Waals surface area contributed by atoms with Gasteiger partial charge < -0.3 is 19.1 Å². The van der Waals surface area contributed by atoms with E-state index >= 15 is 0 Å². The summed E-state index contributed by atoms with van der Waals surface area (Å²) in [6.07, 6.45) is 14.3. The molecule has 0 radical (unpaired) electrons. The minimum absolute atomic E-state index is 0.0144. The number of carbonyl (C=O) groups excluding carboxylic acids is 2. The molecule has 3 aromatic rings. The molecule has 0 aliphatic carbocycles. The average Bonchev–Trinajstić information content (AvgIpc) is 3.48.